The number of azide groups is 1. The van der Waals surface area contributed by atoms with Crippen LogP contribution >= 0.6 is 11.6 Å². The summed E-state index contributed by atoms with van der Waals surface area (Å²) in [7, 11) is 0. The molecule has 5 nitrogen and oxygen atoms in total. The predicted molar refractivity (Wildman–Crippen MR) is 57.8 cm³/mol. The standard InChI is InChI=1S/C9H8ClFN4O/c10-6-2-1-3-7(11)8(6)9(16)13-4-5-14-15-12/h1-3H,4-5H2,(H,13,16). The highest BCUT2D eigenvalue weighted by atomic mass is 35.5. The third kappa shape index (κ3) is 3.12. The van der Waals surface area contributed by atoms with Crippen LogP contribution in [0.4, 0.5) is 4.39 Å². The molecular formula is C9H8ClFN4O. The van der Waals surface area contributed by atoms with E-state index in [0.717, 1.165) is 6.07 Å². The highest BCUT2D eigenvalue weighted by Crippen LogP contribution is 2.18. The van der Waals surface area contributed by atoms with E-state index in [1.54, 1.807) is 0 Å². The van der Waals surface area contributed by atoms with E-state index >= 15 is 0 Å². The number of hydrogen-bond donors (Lipinski definition) is 1. The third-order valence-corrected chi connectivity index (χ3v) is 2.07. The first-order valence-corrected chi connectivity index (χ1v) is 4.77. The molecule has 0 heterocycles. The summed E-state index contributed by atoms with van der Waals surface area (Å²) in [6.07, 6.45) is 0. The summed E-state index contributed by atoms with van der Waals surface area (Å²) in [6.45, 7) is 0.238. The molecule has 0 aliphatic carbocycles. The van der Waals surface area contributed by atoms with Crippen molar-refractivity contribution >= 4 is 17.5 Å². The first-order chi connectivity index (χ1) is 7.66. The zero-order valence-corrected chi connectivity index (χ0v) is 8.91. The van der Waals surface area contributed by atoms with Crippen LogP contribution in [0.1, 0.15) is 10.4 Å². The predicted octanol–water partition coefficient (Wildman–Crippen LogP) is 2.52. The van der Waals surface area contributed by atoms with Gasteiger partial charge < -0.3 is 5.32 Å². The fraction of sp³-hybridized carbons (Fsp3) is 0.222. The molecule has 0 unspecified atom stereocenters. The molecule has 0 aliphatic rings. The number of nitrogens with zero attached hydrogens (tertiary/aromatic N) is 3. The van der Waals surface area contributed by atoms with Crippen LogP contribution in [0.5, 0.6) is 0 Å². The van der Waals surface area contributed by atoms with Crippen molar-refractivity contribution in [3.63, 3.8) is 0 Å². The topological polar surface area (TPSA) is 77.9 Å². The average molecular weight is 243 g/mol. The molecular weight excluding hydrogens is 235 g/mol. The summed E-state index contributed by atoms with van der Waals surface area (Å²) < 4.78 is 13.2. The Hall–Kier alpha value is -1.78. The van der Waals surface area contributed by atoms with E-state index < -0.39 is 11.7 Å². The third-order valence-electron chi connectivity index (χ3n) is 1.75. The van der Waals surface area contributed by atoms with Gasteiger partial charge in [-0.2, -0.15) is 0 Å². The van der Waals surface area contributed by atoms with Crippen molar-refractivity contribution in [3.05, 3.63) is 45.0 Å². The zero-order chi connectivity index (χ0) is 12.0. The summed E-state index contributed by atoms with van der Waals surface area (Å²) in [5.41, 5.74) is 7.80. The molecule has 7 heteroatoms. The first-order valence-electron chi connectivity index (χ1n) is 4.40. The van der Waals surface area contributed by atoms with Crippen molar-refractivity contribution in [1.82, 2.24) is 5.32 Å². The monoisotopic (exact) mass is 242 g/mol. The van der Waals surface area contributed by atoms with Gasteiger partial charge in [0.2, 0.25) is 0 Å². The number of rotatable bonds is 4. The minimum Gasteiger partial charge on any atom is -0.352 e. The molecule has 0 spiro atoms. The lowest BCUT2D eigenvalue weighted by Gasteiger charge is -2.05. The largest absolute Gasteiger partial charge is 0.352 e. The van der Waals surface area contributed by atoms with E-state index in [-0.39, 0.29) is 23.7 Å². The lowest BCUT2D eigenvalue weighted by atomic mass is 10.2. The summed E-state index contributed by atoms with van der Waals surface area (Å²) >= 11 is 5.68. The molecule has 1 N–H and O–H groups in total. The Morgan fingerprint density at radius 2 is 2.38 bits per heavy atom. The summed E-state index contributed by atoms with van der Waals surface area (Å²) in [4.78, 5) is 14.0. The number of nitrogens with one attached hydrogen (secondary N) is 1. The molecule has 84 valence electrons. The molecule has 1 rings (SSSR count). The van der Waals surface area contributed by atoms with Crippen LogP contribution in [0.3, 0.4) is 0 Å². The van der Waals surface area contributed by atoms with Gasteiger partial charge in [0.25, 0.3) is 5.91 Å². The Morgan fingerprint density at radius 3 is 3.00 bits per heavy atom. The molecule has 1 aromatic rings. The average Bonchev–Trinajstić information content (AvgIpc) is 2.24. The van der Waals surface area contributed by atoms with Gasteiger partial charge >= 0.3 is 0 Å². The van der Waals surface area contributed by atoms with Gasteiger partial charge in [-0.3, -0.25) is 4.79 Å². The number of amides is 1. The number of carbonyl (C=O) groups excluding carboxylic acids is 1. The Balaban J connectivity index is 2.69. The quantitative estimate of drug-likeness (QED) is 0.374. The molecule has 16 heavy (non-hydrogen) atoms. The summed E-state index contributed by atoms with van der Waals surface area (Å²) in [5, 5.41) is 5.65. The van der Waals surface area contributed by atoms with Gasteiger partial charge in [-0.25, -0.2) is 4.39 Å². The van der Waals surface area contributed by atoms with Crippen molar-refractivity contribution in [2.45, 2.75) is 0 Å². The van der Waals surface area contributed by atoms with Crippen LogP contribution in [0.25, 0.3) is 10.4 Å². The lowest BCUT2D eigenvalue weighted by Crippen LogP contribution is -2.27. The molecule has 1 amide bonds. The van der Waals surface area contributed by atoms with Crippen LogP contribution in [-0.4, -0.2) is 19.0 Å². The molecule has 0 saturated heterocycles. The minimum absolute atomic E-state index is 0.0429. The van der Waals surface area contributed by atoms with Crippen LogP contribution in [0.15, 0.2) is 23.3 Å². The molecule has 0 fully saturated rings. The van der Waals surface area contributed by atoms with Gasteiger partial charge in [-0.05, 0) is 17.7 Å². The van der Waals surface area contributed by atoms with Gasteiger partial charge in [0.05, 0.1) is 10.6 Å². The van der Waals surface area contributed by atoms with E-state index in [9.17, 15) is 9.18 Å². The van der Waals surface area contributed by atoms with Gasteiger partial charge in [0, 0.05) is 18.0 Å². The van der Waals surface area contributed by atoms with Gasteiger partial charge in [0.15, 0.2) is 0 Å². The molecule has 0 aliphatic heterocycles. The molecule has 0 radical (unpaired) electrons. The van der Waals surface area contributed by atoms with E-state index in [2.05, 4.69) is 15.3 Å². The normalized spacial score (nSPS) is 9.38. The molecule has 0 aromatic heterocycles. The maximum atomic E-state index is 13.2. The van der Waals surface area contributed by atoms with E-state index in [0.29, 0.717) is 0 Å². The van der Waals surface area contributed by atoms with E-state index in [1.807, 2.05) is 0 Å². The van der Waals surface area contributed by atoms with Gasteiger partial charge in [-0.1, -0.05) is 22.8 Å². The zero-order valence-electron chi connectivity index (χ0n) is 8.15. The summed E-state index contributed by atoms with van der Waals surface area (Å²) in [5.74, 6) is -1.31. The molecule has 0 saturated carbocycles. The molecule has 0 bridgehead atoms. The summed E-state index contributed by atoms with van der Waals surface area (Å²) in [6, 6.07) is 3.98. The molecule has 0 atom stereocenters. The number of halogens is 2. The van der Waals surface area contributed by atoms with Crippen LogP contribution < -0.4 is 5.32 Å². The Kier molecular flexibility index (Phi) is 4.57. The first kappa shape index (κ1) is 12.3. The van der Waals surface area contributed by atoms with Crippen LogP contribution in [0, 0.1) is 5.82 Å². The lowest BCUT2D eigenvalue weighted by molar-refractivity contribution is 0.0951. The van der Waals surface area contributed by atoms with Crippen LogP contribution in [-0.2, 0) is 0 Å². The Morgan fingerprint density at radius 1 is 1.62 bits per heavy atom. The second-order valence-electron chi connectivity index (χ2n) is 2.81. The van der Waals surface area contributed by atoms with E-state index in [1.165, 1.54) is 12.1 Å². The maximum Gasteiger partial charge on any atom is 0.255 e. The van der Waals surface area contributed by atoms with Crippen molar-refractivity contribution in [1.29, 1.82) is 0 Å². The second-order valence-corrected chi connectivity index (χ2v) is 3.21. The van der Waals surface area contributed by atoms with Crippen molar-refractivity contribution in [2.24, 2.45) is 5.11 Å². The van der Waals surface area contributed by atoms with Gasteiger partial charge in [-0.15, -0.1) is 0 Å². The highest BCUT2D eigenvalue weighted by molar-refractivity contribution is 6.33. The minimum atomic E-state index is -0.686. The number of carbonyl (C=O) groups is 1. The van der Waals surface area contributed by atoms with Crippen molar-refractivity contribution in [3.8, 4) is 0 Å². The van der Waals surface area contributed by atoms with Crippen molar-refractivity contribution in [2.75, 3.05) is 13.1 Å². The van der Waals surface area contributed by atoms with Crippen LogP contribution in [0.2, 0.25) is 5.02 Å². The van der Waals surface area contributed by atoms with E-state index in [4.69, 9.17) is 17.1 Å². The SMILES string of the molecule is [N-]=[N+]=NCCNC(=O)c1c(F)cccc1Cl. The van der Waals surface area contributed by atoms with Crippen molar-refractivity contribution < 1.29 is 9.18 Å². The maximum absolute atomic E-state index is 13.2. The number of hydrogen-bond acceptors (Lipinski definition) is 2. The highest BCUT2D eigenvalue weighted by Gasteiger charge is 2.14. The molecule has 1 aromatic carbocycles. The Labute approximate surface area is 95.8 Å². The second kappa shape index (κ2) is 5.95. The fourth-order valence-electron chi connectivity index (χ4n) is 1.07. The fourth-order valence-corrected chi connectivity index (χ4v) is 1.32. The number of benzene rings is 1. The Bertz CT molecular complexity index is 425. The smallest absolute Gasteiger partial charge is 0.255 e. The van der Waals surface area contributed by atoms with Gasteiger partial charge in [0.1, 0.15) is 5.82 Å².